The molecule has 0 unspecified atom stereocenters. The summed E-state index contributed by atoms with van der Waals surface area (Å²) in [5, 5.41) is 9.92. The minimum Gasteiger partial charge on any atom is -0.482 e. The van der Waals surface area contributed by atoms with Crippen LogP contribution < -0.4 is 10.1 Å². The minimum absolute atomic E-state index is 0.118. The summed E-state index contributed by atoms with van der Waals surface area (Å²) in [6, 6.07) is 10.7. The highest BCUT2D eigenvalue weighted by Crippen LogP contribution is 2.29. The van der Waals surface area contributed by atoms with Crippen LogP contribution in [0.15, 0.2) is 52.5 Å². The van der Waals surface area contributed by atoms with Crippen LogP contribution in [0.4, 0.5) is 0 Å². The van der Waals surface area contributed by atoms with E-state index in [0.717, 1.165) is 10.4 Å². The van der Waals surface area contributed by atoms with Crippen molar-refractivity contribution in [1.29, 1.82) is 0 Å². The lowest BCUT2D eigenvalue weighted by atomic mass is 10.1. The van der Waals surface area contributed by atoms with Gasteiger partial charge in [0.25, 0.3) is 5.91 Å². The largest absolute Gasteiger partial charge is 0.482 e. The highest BCUT2D eigenvalue weighted by atomic mass is 35.5. The van der Waals surface area contributed by atoms with Gasteiger partial charge in [0.05, 0.1) is 11.1 Å². The molecule has 124 valence electrons. The normalized spacial score (nSPS) is 11.9. The van der Waals surface area contributed by atoms with E-state index in [4.69, 9.17) is 27.9 Å². The molecule has 0 saturated carbocycles. The van der Waals surface area contributed by atoms with E-state index in [0.29, 0.717) is 15.8 Å². The van der Waals surface area contributed by atoms with Gasteiger partial charge in [0, 0.05) is 9.90 Å². The Labute approximate surface area is 157 Å². The molecule has 0 fully saturated rings. The van der Waals surface area contributed by atoms with Gasteiger partial charge in [-0.05, 0) is 52.0 Å². The third-order valence-corrected chi connectivity index (χ3v) is 5.43. The molecule has 0 radical (unpaired) electrons. The van der Waals surface area contributed by atoms with E-state index in [-0.39, 0.29) is 18.6 Å². The monoisotopic (exact) mass is 397 g/mol. The van der Waals surface area contributed by atoms with Crippen molar-refractivity contribution in [2.45, 2.75) is 6.04 Å². The lowest BCUT2D eigenvalue weighted by Gasteiger charge is -2.17. The summed E-state index contributed by atoms with van der Waals surface area (Å²) >= 11 is 15.1. The molecule has 7 heteroatoms. The Bertz CT molecular complexity index is 770. The number of amides is 1. The van der Waals surface area contributed by atoms with Crippen LogP contribution in [-0.2, 0) is 4.79 Å². The first-order valence-electron chi connectivity index (χ1n) is 7.06. The molecular weight excluding hydrogens is 385 g/mol. The van der Waals surface area contributed by atoms with Crippen LogP contribution >= 0.6 is 45.9 Å². The Hall–Kier alpha value is -1.53. The summed E-state index contributed by atoms with van der Waals surface area (Å²) in [4.78, 5) is 13.4. The van der Waals surface area contributed by atoms with Crippen molar-refractivity contribution in [1.82, 2.24) is 5.32 Å². The predicted octanol–water partition coefficient (Wildman–Crippen LogP) is 5.40. The standard InChI is InChI=1S/C17H13Cl2NO2S2/c18-12-3-4-14(13(19)8-12)22-9-16(21)20-17(11-5-7-23-10-11)15-2-1-6-24-15/h1-8,10,17H,9H2,(H,20,21)/t17-/m0/s1. The topological polar surface area (TPSA) is 38.3 Å². The first-order chi connectivity index (χ1) is 11.6. The van der Waals surface area contributed by atoms with Gasteiger partial charge in [0.1, 0.15) is 5.75 Å². The molecule has 0 aliphatic rings. The van der Waals surface area contributed by atoms with Crippen molar-refractivity contribution in [3.63, 3.8) is 0 Å². The number of thiophene rings is 2. The zero-order valence-corrected chi connectivity index (χ0v) is 15.5. The van der Waals surface area contributed by atoms with Crippen LogP contribution in [0.1, 0.15) is 16.5 Å². The van der Waals surface area contributed by atoms with Gasteiger partial charge < -0.3 is 10.1 Å². The molecule has 0 bridgehead atoms. The van der Waals surface area contributed by atoms with Crippen LogP contribution in [0.25, 0.3) is 0 Å². The molecule has 1 aromatic carbocycles. The van der Waals surface area contributed by atoms with Gasteiger partial charge in [-0.25, -0.2) is 0 Å². The fourth-order valence-corrected chi connectivity index (χ4v) is 4.10. The molecule has 0 saturated heterocycles. The van der Waals surface area contributed by atoms with Crippen molar-refractivity contribution in [2.75, 3.05) is 6.61 Å². The zero-order valence-electron chi connectivity index (χ0n) is 12.4. The van der Waals surface area contributed by atoms with Gasteiger partial charge in [-0.15, -0.1) is 11.3 Å². The first kappa shape index (κ1) is 17.3. The second-order valence-electron chi connectivity index (χ2n) is 4.94. The molecule has 3 aromatic rings. The minimum atomic E-state index is -0.217. The van der Waals surface area contributed by atoms with Crippen LogP contribution in [-0.4, -0.2) is 12.5 Å². The molecule has 3 rings (SSSR count). The third kappa shape index (κ3) is 4.30. The van der Waals surface area contributed by atoms with Crippen molar-refractivity contribution < 1.29 is 9.53 Å². The Morgan fingerprint density at radius 1 is 1.21 bits per heavy atom. The Morgan fingerprint density at radius 2 is 2.08 bits per heavy atom. The van der Waals surface area contributed by atoms with Gasteiger partial charge in [-0.2, -0.15) is 11.3 Å². The molecule has 0 aliphatic heterocycles. The van der Waals surface area contributed by atoms with Crippen molar-refractivity contribution in [3.8, 4) is 5.75 Å². The van der Waals surface area contributed by atoms with Gasteiger partial charge in [-0.3, -0.25) is 4.79 Å². The summed E-state index contributed by atoms with van der Waals surface area (Å²) in [6.07, 6.45) is 0. The number of carbonyl (C=O) groups excluding carboxylic acids is 1. The fraction of sp³-hybridized carbons (Fsp3) is 0.118. The number of benzene rings is 1. The zero-order chi connectivity index (χ0) is 16.9. The highest BCUT2D eigenvalue weighted by Gasteiger charge is 2.18. The molecule has 0 aliphatic carbocycles. The van der Waals surface area contributed by atoms with Crippen LogP contribution in [0, 0.1) is 0 Å². The van der Waals surface area contributed by atoms with Crippen LogP contribution in [0.5, 0.6) is 5.75 Å². The molecule has 24 heavy (non-hydrogen) atoms. The number of carbonyl (C=O) groups is 1. The maximum Gasteiger partial charge on any atom is 0.258 e. The SMILES string of the molecule is O=C(COc1ccc(Cl)cc1Cl)N[C@@H](c1ccsc1)c1cccs1. The summed E-state index contributed by atoms with van der Waals surface area (Å²) in [7, 11) is 0. The van der Waals surface area contributed by atoms with E-state index in [9.17, 15) is 4.79 Å². The Morgan fingerprint density at radius 3 is 2.75 bits per heavy atom. The first-order valence-corrected chi connectivity index (χ1v) is 9.64. The smallest absolute Gasteiger partial charge is 0.258 e. The second kappa shape index (κ2) is 8.03. The number of hydrogen-bond acceptors (Lipinski definition) is 4. The third-order valence-electron chi connectivity index (χ3n) is 3.26. The van der Waals surface area contributed by atoms with E-state index in [1.807, 2.05) is 34.3 Å². The average Bonchev–Trinajstić information content (AvgIpc) is 3.25. The van der Waals surface area contributed by atoms with Crippen molar-refractivity contribution >= 4 is 51.8 Å². The predicted molar refractivity (Wildman–Crippen MR) is 101 cm³/mol. The van der Waals surface area contributed by atoms with Crippen LogP contribution in [0.2, 0.25) is 10.0 Å². The maximum atomic E-state index is 12.3. The molecule has 1 atom stereocenters. The lowest BCUT2D eigenvalue weighted by Crippen LogP contribution is -2.32. The number of halogens is 2. The van der Waals surface area contributed by atoms with Gasteiger partial charge in [-0.1, -0.05) is 29.3 Å². The van der Waals surface area contributed by atoms with E-state index in [1.54, 1.807) is 40.9 Å². The summed E-state index contributed by atoms with van der Waals surface area (Å²) in [6.45, 7) is -0.118. The molecule has 2 heterocycles. The van der Waals surface area contributed by atoms with Gasteiger partial charge in [0.2, 0.25) is 0 Å². The highest BCUT2D eigenvalue weighted by molar-refractivity contribution is 7.10. The van der Waals surface area contributed by atoms with E-state index in [1.165, 1.54) is 0 Å². The lowest BCUT2D eigenvalue weighted by molar-refractivity contribution is -0.123. The van der Waals surface area contributed by atoms with Gasteiger partial charge >= 0.3 is 0 Å². The number of nitrogens with one attached hydrogen (secondary N) is 1. The average molecular weight is 398 g/mol. The van der Waals surface area contributed by atoms with Crippen molar-refractivity contribution in [2.24, 2.45) is 0 Å². The van der Waals surface area contributed by atoms with Crippen LogP contribution in [0.3, 0.4) is 0 Å². The molecule has 1 amide bonds. The summed E-state index contributed by atoms with van der Waals surface area (Å²) in [5.74, 6) is 0.213. The Balaban J connectivity index is 1.66. The number of rotatable bonds is 6. The molecule has 1 N–H and O–H groups in total. The number of ether oxygens (including phenoxy) is 1. The van der Waals surface area contributed by atoms with Crippen molar-refractivity contribution in [3.05, 3.63) is 73.0 Å². The molecule has 3 nitrogen and oxygen atoms in total. The van der Waals surface area contributed by atoms with E-state index in [2.05, 4.69) is 5.32 Å². The van der Waals surface area contributed by atoms with E-state index < -0.39 is 0 Å². The quantitative estimate of drug-likeness (QED) is 0.604. The fourth-order valence-electron chi connectivity index (χ4n) is 2.15. The summed E-state index contributed by atoms with van der Waals surface area (Å²) in [5.41, 5.74) is 1.06. The van der Waals surface area contributed by atoms with E-state index >= 15 is 0 Å². The Kier molecular flexibility index (Phi) is 5.79. The van der Waals surface area contributed by atoms with Gasteiger partial charge in [0.15, 0.2) is 6.61 Å². The summed E-state index contributed by atoms with van der Waals surface area (Å²) < 4.78 is 5.49. The number of hydrogen-bond donors (Lipinski definition) is 1. The maximum absolute atomic E-state index is 12.3. The second-order valence-corrected chi connectivity index (χ2v) is 7.54. The molecule has 2 aromatic heterocycles. The molecular formula is C17H13Cl2NO2S2. The molecule has 0 spiro atoms.